The summed E-state index contributed by atoms with van der Waals surface area (Å²) in [5, 5.41) is 0. The topological polar surface area (TPSA) is 71.2 Å². The quantitative estimate of drug-likeness (QED) is 0.307. The Morgan fingerprint density at radius 2 is 1.14 bits per heavy atom. The Kier molecular flexibility index (Phi) is 6.80. The summed E-state index contributed by atoms with van der Waals surface area (Å²) in [4.78, 5) is 21.4. The average molecular weight is 481 g/mol. The minimum absolute atomic E-state index is 0.113. The van der Waals surface area contributed by atoms with Gasteiger partial charge in [0.05, 0.1) is 0 Å². The number of hydrogen-bond donors (Lipinski definition) is 0. The van der Waals surface area contributed by atoms with Gasteiger partial charge in [-0.3, -0.25) is 4.79 Å². The number of rotatable bonds is 8. The average Bonchev–Trinajstić information content (AvgIpc) is 3.59. The fraction of sp³-hybridized carbons (Fsp3) is 0.207. The molecule has 0 N–H and O–H groups in total. The number of ketones is 1. The molecule has 7 heteroatoms. The van der Waals surface area contributed by atoms with Crippen molar-refractivity contribution in [1.29, 1.82) is 0 Å². The lowest BCUT2D eigenvalue weighted by Gasteiger charge is -2.08. The van der Waals surface area contributed by atoms with Gasteiger partial charge in [-0.05, 0) is 74.2 Å². The molecule has 36 heavy (non-hydrogen) atoms. The predicted molar refractivity (Wildman–Crippen MR) is 138 cm³/mol. The highest BCUT2D eigenvalue weighted by Gasteiger charge is 2.22. The minimum atomic E-state index is 0.113. The van der Waals surface area contributed by atoms with Crippen LogP contribution >= 0.6 is 0 Å². The number of carbonyl (C=O) groups is 1. The molecule has 1 aliphatic carbocycles. The Bertz CT molecular complexity index is 1300. The summed E-state index contributed by atoms with van der Waals surface area (Å²) in [6, 6.07) is 15.6. The van der Waals surface area contributed by atoms with Gasteiger partial charge in [0.1, 0.15) is 23.1 Å². The maximum Gasteiger partial charge on any atom is 0.185 e. The summed E-state index contributed by atoms with van der Waals surface area (Å²) in [6.45, 7) is 4.70. The van der Waals surface area contributed by atoms with Crippen LogP contribution in [0.5, 0.6) is 11.5 Å². The first-order valence-electron chi connectivity index (χ1n) is 11.9. The van der Waals surface area contributed by atoms with Gasteiger partial charge >= 0.3 is 0 Å². The van der Waals surface area contributed by atoms with E-state index in [1.807, 2.05) is 96.1 Å². The molecule has 0 atom stereocenters. The molecule has 182 valence electrons. The van der Waals surface area contributed by atoms with E-state index in [-0.39, 0.29) is 5.78 Å². The van der Waals surface area contributed by atoms with Gasteiger partial charge in [0.15, 0.2) is 19.2 Å². The first kappa shape index (κ1) is 23.4. The predicted octanol–water partition coefficient (Wildman–Crippen LogP) is 5.60. The molecular weight excluding hydrogens is 452 g/mol. The summed E-state index contributed by atoms with van der Waals surface area (Å²) in [5.41, 5.74) is 3.64. The highest BCUT2D eigenvalue weighted by atomic mass is 16.5. The Labute approximate surface area is 210 Å². The second-order valence-corrected chi connectivity index (χ2v) is 8.74. The van der Waals surface area contributed by atoms with E-state index in [2.05, 4.69) is 9.97 Å². The maximum absolute atomic E-state index is 13.0. The molecule has 7 nitrogen and oxygen atoms in total. The SMILES string of the molecule is Cc1nccn1COc1ccc(/C=C2\CC/C(=C\c3ccc(OCn4ccnc4C)cc3)C2=O)cc1. The van der Waals surface area contributed by atoms with Crippen LogP contribution in [0.3, 0.4) is 0 Å². The lowest BCUT2D eigenvalue weighted by Crippen LogP contribution is -2.05. The zero-order valence-electron chi connectivity index (χ0n) is 20.4. The van der Waals surface area contributed by atoms with Gasteiger partial charge in [0, 0.05) is 35.9 Å². The van der Waals surface area contributed by atoms with E-state index in [1.165, 1.54) is 0 Å². The fourth-order valence-electron chi connectivity index (χ4n) is 4.07. The van der Waals surface area contributed by atoms with Gasteiger partial charge in [0.2, 0.25) is 0 Å². The van der Waals surface area contributed by atoms with E-state index < -0.39 is 0 Å². The zero-order chi connectivity index (χ0) is 24.9. The van der Waals surface area contributed by atoms with Gasteiger partial charge in [-0.1, -0.05) is 24.3 Å². The monoisotopic (exact) mass is 480 g/mol. The largest absolute Gasteiger partial charge is 0.473 e. The smallest absolute Gasteiger partial charge is 0.185 e. The molecule has 4 aromatic rings. The van der Waals surface area contributed by atoms with Gasteiger partial charge in [-0.15, -0.1) is 0 Å². The van der Waals surface area contributed by atoms with Crippen LogP contribution in [-0.2, 0) is 18.3 Å². The molecule has 0 aliphatic heterocycles. The number of Topliss-reactive ketones (excluding diaryl/α,β-unsaturated/α-hetero) is 1. The second-order valence-electron chi connectivity index (χ2n) is 8.74. The third kappa shape index (κ3) is 5.46. The number of nitrogens with zero attached hydrogens (tertiary/aromatic N) is 4. The van der Waals surface area contributed by atoms with Crippen molar-refractivity contribution in [2.24, 2.45) is 0 Å². The second kappa shape index (κ2) is 10.5. The van der Waals surface area contributed by atoms with E-state index in [0.29, 0.717) is 13.5 Å². The zero-order valence-corrected chi connectivity index (χ0v) is 20.4. The van der Waals surface area contributed by atoms with Crippen molar-refractivity contribution >= 4 is 17.9 Å². The van der Waals surface area contributed by atoms with Gasteiger partial charge in [0.25, 0.3) is 0 Å². The van der Waals surface area contributed by atoms with Crippen LogP contribution in [-0.4, -0.2) is 24.9 Å². The Morgan fingerprint density at radius 3 is 1.50 bits per heavy atom. The van der Waals surface area contributed by atoms with E-state index in [4.69, 9.17) is 9.47 Å². The number of carbonyl (C=O) groups excluding carboxylic acids is 1. The maximum atomic E-state index is 13.0. The molecule has 2 aromatic carbocycles. The highest BCUT2D eigenvalue weighted by Crippen LogP contribution is 2.30. The Balaban J connectivity index is 1.18. The van der Waals surface area contributed by atoms with E-state index in [0.717, 1.165) is 58.3 Å². The molecule has 1 fully saturated rings. The first-order valence-corrected chi connectivity index (χ1v) is 11.9. The van der Waals surface area contributed by atoms with E-state index >= 15 is 0 Å². The van der Waals surface area contributed by atoms with Crippen molar-refractivity contribution in [3.05, 3.63) is 107 Å². The molecular formula is C29H28N4O3. The van der Waals surface area contributed by atoms with E-state index in [1.54, 1.807) is 12.4 Å². The van der Waals surface area contributed by atoms with Gasteiger partial charge in [-0.25, -0.2) is 9.97 Å². The van der Waals surface area contributed by atoms with Crippen molar-refractivity contribution in [2.75, 3.05) is 0 Å². The molecule has 0 saturated heterocycles. The molecule has 0 bridgehead atoms. The summed E-state index contributed by atoms with van der Waals surface area (Å²) in [5.74, 6) is 3.48. The van der Waals surface area contributed by atoms with Gasteiger partial charge in [-0.2, -0.15) is 0 Å². The Hall–Kier alpha value is -4.39. The molecule has 0 radical (unpaired) electrons. The molecule has 1 aliphatic rings. The molecule has 0 spiro atoms. The summed E-state index contributed by atoms with van der Waals surface area (Å²) >= 11 is 0. The Morgan fingerprint density at radius 1 is 0.722 bits per heavy atom. The normalized spacial score (nSPS) is 15.7. The molecule has 1 saturated carbocycles. The van der Waals surface area contributed by atoms with Crippen LogP contribution in [0.2, 0.25) is 0 Å². The van der Waals surface area contributed by atoms with Crippen LogP contribution in [0.4, 0.5) is 0 Å². The van der Waals surface area contributed by atoms with Crippen molar-refractivity contribution in [3.8, 4) is 11.5 Å². The first-order chi connectivity index (χ1) is 17.5. The number of aryl methyl sites for hydroxylation is 2. The standard InChI is InChI=1S/C29H28N4O3/c1-21-30-13-15-32(21)19-35-27-9-3-23(4-10-27)17-25-7-8-26(29(25)34)18-24-5-11-28(12-6-24)36-20-33-16-14-31-22(33)2/h3-6,9-18H,7-8,19-20H2,1-2H3/b25-17+,26-18+. The summed E-state index contributed by atoms with van der Waals surface area (Å²) in [6.07, 6.45) is 12.7. The highest BCUT2D eigenvalue weighted by molar-refractivity contribution is 6.15. The number of imidazole rings is 2. The van der Waals surface area contributed by atoms with Crippen molar-refractivity contribution in [1.82, 2.24) is 19.1 Å². The van der Waals surface area contributed by atoms with Crippen LogP contribution in [0.15, 0.2) is 84.5 Å². The van der Waals surface area contributed by atoms with Crippen LogP contribution in [0.1, 0.15) is 35.6 Å². The number of hydrogen-bond acceptors (Lipinski definition) is 5. The lowest BCUT2D eigenvalue weighted by molar-refractivity contribution is -0.111. The number of aromatic nitrogens is 4. The summed E-state index contributed by atoms with van der Waals surface area (Å²) in [7, 11) is 0. The molecule has 0 amide bonds. The minimum Gasteiger partial charge on any atom is -0.473 e. The number of benzene rings is 2. The number of allylic oxidation sites excluding steroid dienone is 2. The number of ether oxygens (including phenoxy) is 2. The van der Waals surface area contributed by atoms with Crippen LogP contribution < -0.4 is 9.47 Å². The van der Waals surface area contributed by atoms with Gasteiger partial charge < -0.3 is 18.6 Å². The van der Waals surface area contributed by atoms with E-state index in [9.17, 15) is 4.79 Å². The lowest BCUT2D eigenvalue weighted by atomic mass is 10.1. The third-order valence-electron chi connectivity index (χ3n) is 6.28. The molecule has 2 heterocycles. The summed E-state index contributed by atoms with van der Waals surface area (Å²) < 4.78 is 15.5. The third-order valence-corrected chi connectivity index (χ3v) is 6.28. The van der Waals surface area contributed by atoms with Crippen LogP contribution in [0.25, 0.3) is 12.2 Å². The molecule has 0 unspecified atom stereocenters. The molecule has 5 rings (SSSR count). The van der Waals surface area contributed by atoms with Crippen molar-refractivity contribution < 1.29 is 14.3 Å². The van der Waals surface area contributed by atoms with Crippen molar-refractivity contribution in [3.63, 3.8) is 0 Å². The molecule has 2 aromatic heterocycles. The van der Waals surface area contributed by atoms with Crippen molar-refractivity contribution in [2.45, 2.75) is 40.2 Å². The fourth-order valence-corrected chi connectivity index (χ4v) is 4.07. The van der Waals surface area contributed by atoms with Crippen LogP contribution in [0, 0.1) is 13.8 Å².